The van der Waals surface area contributed by atoms with Crippen molar-refractivity contribution < 1.29 is 33.4 Å². The van der Waals surface area contributed by atoms with Gasteiger partial charge in [-0.3, -0.25) is 19.4 Å². The molecule has 156 valence electrons. The second kappa shape index (κ2) is 10.6. The molecule has 1 N–H and O–H groups in total. The average molecular weight is 396 g/mol. The van der Waals surface area contributed by atoms with E-state index >= 15 is 0 Å². The number of nitrogens with one attached hydrogen (secondary N) is 1. The number of nitrogens with zero attached hydrogens (tertiary/aromatic N) is 1. The number of hydrogen-bond donors (Lipinski definition) is 1. The second-order valence-electron chi connectivity index (χ2n) is 6.86. The fraction of sp³-hybridized carbons (Fsp3) is 0.632. The van der Waals surface area contributed by atoms with Gasteiger partial charge >= 0.3 is 17.9 Å². The number of allylic oxidation sites excluding steroid dienone is 1. The number of ether oxygens (including phenoxy) is 3. The summed E-state index contributed by atoms with van der Waals surface area (Å²) in [6, 6.07) is 0. The van der Waals surface area contributed by atoms with Crippen molar-refractivity contribution in [2.75, 3.05) is 27.4 Å². The molecule has 0 radical (unpaired) electrons. The minimum Gasteiger partial charge on any atom is -0.468 e. The van der Waals surface area contributed by atoms with Crippen LogP contribution in [0.15, 0.2) is 16.3 Å². The number of rotatable bonds is 8. The van der Waals surface area contributed by atoms with Gasteiger partial charge in [0, 0.05) is 18.0 Å². The van der Waals surface area contributed by atoms with Crippen LogP contribution in [0.2, 0.25) is 0 Å². The molecule has 0 aromatic carbocycles. The van der Waals surface area contributed by atoms with Gasteiger partial charge in [-0.1, -0.05) is 13.8 Å². The lowest BCUT2D eigenvalue weighted by molar-refractivity contribution is -0.158. The average Bonchev–Trinajstić information content (AvgIpc) is 2.64. The molecule has 0 spiro atoms. The SMILES string of the molecule is COC(=O)C1=C(C)N=C(C)C(C(=O)OC)[C@@H]1C(=O)OCC(=O)NCCC(C)C. The van der Waals surface area contributed by atoms with Gasteiger partial charge in [-0.2, -0.15) is 0 Å². The van der Waals surface area contributed by atoms with Crippen molar-refractivity contribution in [2.45, 2.75) is 34.1 Å². The van der Waals surface area contributed by atoms with Crippen LogP contribution in [-0.2, 0) is 33.4 Å². The Morgan fingerprint density at radius 1 is 1.04 bits per heavy atom. The van der Waals surface area contributed by atoms with E-state index in [4.69, 9.17) is 14.2 Å². The van der Waals surface area contributed by atoms with Crippen LogP contribution >= 0.6 is 0 Å². The summed E-state index contributed by atoms with van der Waals surface area (Å²) in [6.07, 6.45) is 0.788. The lowest BCUT2D eigenvalue weighted by Crippen LogP contribution is -2.43. The fourth-order valence-corrected chi connectivity index (χ4v) is 2.88. The largest absolute Gasteiger partial charge is 0.468 e. The lowest BCUT2D eigenvalue weighted by atomic mass is 9.80. The first-order chi connectivity index (χ1) is 13.1. The molecule has 0 bridgehead atoms. The summed E-state index contributed by atoms with van der Waals surface area (Å²) in [4.78, 5) is 53.2. The van der Waals surface area contributed by atoms with E-state index in [0.717, 1.165) is 13.5 Å². The monoisotopic (exact) mass is 396 g/mol. The maximum Gasteiger partial charge on any atom is 0.336 e. The normalized spacial score (nSPS) is 19.0. The zero-order chi connectivity index (χ0) is 21.4. The van der Waals surface area contributed by atoms with Gasteiger partial charge in [0.2, 0.25) is 0 Å². The zero-order valence-electron chi connectivity index (χ0n) is 17.2. The minimum absolute atomic E-state index is 0.0892. The van der Waals surface area contributed by atoms with E-state index in [9.17, 15) is 19.2 Å². The molecular weight excluding hydrogens is 368 g/mol. The standard InChI is InChI=1S/C19H28N2O7/c1-10(2)7-8-20-13(22)9-28-19(25)16-14(17(23)26-5)11(3)21-12(4)15(16)18(24)27-6/h10,14,16H,7-9H2,1-6H3,(H,20,22)/t14?,16-/m0/s1. The van der Waals surface area contributed by atoms with E-state index in [1.165, 1.54) is 14.0 Å². The van der Waals surface area contributed by atoms with Gasteiger partial charge in [-0.05, 0) is 26.2 Å². The quantitative estimate of drug-likeness (QED) is 0.480. The number of esters is 3. The maximum atomic E-state index is 12.7. The summed E-state index contributed by atoms with van der Waals surface area (Å²) < 4.78 is 14.6. The first kappa shape index (κ1) is 23.3. The van der Waals surface area contributed by atoms with Crippen LogP contribution in [0.5, 0.6) is 0 Å². The van der Waals surface area contributed by atoms with Crippen molar-refractivity contribution in [3.63, 3.8) is 0 Å². The zero-order valence-corrected chi connectivity index (χ0v) is 17.2. The summed E-state index contributed by atoms with van der Waals surface area (Å²) in [6.45, 7) is 7.07. The Bertz CT molecular complexity index is 694. The molecule has 28 heavy (non-hydrogen) atoms. The minimum atomic E-state index is -1.30. The Morgan fingerprint density at radius 2 is 1.68 bits per heavy atom. The molecule has 2 atom stereocenters. The van der Waals surface area contributed by atoms with Gasteiger partial charge < -0.3 is 19.5 Å². The van der Waals surface area contributed by atoms with Crippen molar-refractivity contribution in [2.24, 2.45) is 22.7 Å². The van der Waals surface area contributed by atoms with Gasteiger partial charge in [-0.15, -0.1) is 0 Å². The van der Waals surface area contributed by atoms with Gasteiger partial charge in [0.05, 0.1) is 19.8 Å². The highest BCUT2D eigenvalue weighted by Crippen LogP contribution is 2.33. The predicted molar refractivity (Wildman–Crippen MR) is 100 cm³/mol. The first-order valence-electron chi connectivity index (χ1n) is 8.99. The molecule has 9 heteroatoms. The molecule has 1 rings (SSSR count). The van der Waals surface area contributed by atoms with Crippen LogP contribution in [-0.4, -0.2) is 56.9 Å². The number of amides is 1. The summed E-state index contributed by atoms with van der Waals surface area (Å²) >= 11 is 0. The van der Waals surface area contributed by atoms with Gasteiger partial charge in [0.15, 0.2) is 6.61 Å². The Hall–Kier alpha value is -2.71. The molecule has 1 heterocycles. The van der Waals surface area contributed by atoms with E-state index < -0.39 is 42.3 Å². The van der Waals surface area contributed by atoms with Crippen molar-refractivity contribution in [3.05, 3.63) is 11.3 Å². The lowest BCUT2D eigenvalue weighted by Gasteiger charge is -2.29. The Labute approximate surface area is 164 Å². The molecule has 1 aliphatic heterocycles. The number of aliphatic imine (C=N–C) groups is 1. The third-order valence-corrected chi connectivity index (χ3v) is 4.33. The van der Waals surface area contributed by atoms with E-state index in [1.807, 2.05) is 13.8 Å². The molecule has 0 aromatic heterocycles. The Morgan fingerprint density at radius 3 is 2.21 bits per heavy atom. The fourth-order valence-electron chi connectivity index (χ4n) is 2.88. The topological polar surface area (TPSA) is 120 Å². The van der Waals surface area contributed by atoms with E-state index in [-0.39, 0.29) is 11.3 Å². The van der Waals surface area contributed by atoms with Crippen LogP contribution in [0, 0.1) is 17.8 Å². The number of carbonyl (C=O) groups excluding carboxylic acids is 4. The molecular formula is C19H28N2O7. The second-order valence-corrected chi connectivity index (χ2v) is 6.86. The van der Waals surface area contributed by atoms with Gasteiger partial charge in [0.1, 0.15) is 11.8 Å². The van der Waals surface area contributed by atoms with Gasteiger partial charge in [-0.25, -0.2) is 4.79 Å². The molecule has 1 unspecified atom stereocenters. The maximum absolute atomic E-state index is 12.7. The van der Waals surface area contributed by atoms with E-state index in [0.29, 0.717) is 18.2 Å². The molecule has 1 aliphatic rings. The van der Waals surface area contributed by atoms with Crippen LogP contribution < -0.4 is 5.32 Å². The molecule has 0 aromatic rings. The number of carbonyl (C=O) groups is 4. The third kappa shape index (κ3) is 5.90. The van der Waals surface area contributed by atoms with Crippen molar-refractivity contribution in [3.8, 4) is 0 Å². The first-order valence-corrected chi connectivity index (χ1v) is 8.99. The highest BCUT2D eigenvalue weighted by molar-refractivity contribution is 6.10. The summed E-state index contributed by atoms with van der Waals surface area (Å²) in [5, 5.41) is 2.64. The number of methoxy groups -OCH3 is 2. The highest BCUT2D eigenvalue weighted by Gasteiger charge is 2.46. The van der Waals surface area contributed by atoms with E-state index in [1.54, 1.807) is 6.92 Å². The molecule has 0 saturated carbocycles. The smallest absolute Gasteiger partial charge is 0.336 e. The summed E-state index contributed by atoms with van der Waals surface area (Å²) in [7, 11) is 2.33. The van der Waals surface area contributed by atoms with Crippen LogP contribution in [0.3, 0.4) is 0 Å². The summed E-state index contributed by atoms with van der Waals surface area (Å²) in [5.74, 6) is -4.93. The van der Waals surface area contributed by atoms with Crippen LogP contribution in [0.4, 0.5) is 0 Å². The molecule has 0 aliphatic carbocycles. The predicted octanol–water partition coefficient (Wildman–Crippen LogP) is 1.02. The van der Waals surface area contributed by atoms with Gasteiger partial charge in [0.25, 0.3) is 5.91 Å². The van der Waals surface area contributed by atoms with Crippen LogP contribution in [0.25, 0.3) is 0 Å². The van der Waals surface area contributed by atoms with Crippen molar-refractivity contribution >= 4 is 29.5 Å². The molecule has 1 amide bonds. The number of hydrogen-bond acceptors (Lipinski definition) is 8. The highest BCUT2D eigenvalue weighted by atomic mass is 16.5. The molecule has 0 fully saturated rings. The van der Waals surface area contributed by atoms with Crippen molar-refractivity contribution in [1.82, 2.24) is 5.32 Å². The Balaban J connectivity index is 3.00. The van der Waals surface area contributed by atoms with Crippen LogP contribution in [0.1, 0.15) is 34.1 Å². The van der Waals surface area contributed by atoms with Crippen molar-refractivity contribution in [1.29, 1.82) is 0 Å². The molecule has 9 nitrogen and oxygen atoms in total. The third-order valence-electron chi connectivity index (χ3n) is 4.33. The Kier molecular flexibility index (Phi) is 8.81. The van der Waals surface area contributed by atoms with E-state index in [2.05, 4.69) is 10.3 Å². The molecule has 0 saturated heterocycles. The summed E-state index contributed by atoms with van der Waals surface area (Å²) in [5.41, 5.74) is 0.460.